The van der Waals surface area contributed by atoms with E-state index in [4.69, 9.17) is 19.7 Å². The summed E-state index contributed by atoms with van der Waals surface area (Å²) in [7, 11) is 2.73. The second kappa shape index (κ2) is 8.14. The number of likely N-dealkylation sites (tertiary alicyclic amines) is 1. The van der Waals surface area contributed by atoms with Crippen molar-refractivity contribution in [3.05, 3.63) is 34.3 Å². The van der Waals surface area contributed by atoms with E-state index in [9.17, 15) is 9.59 Å². The predicted octanol–water partition coefficient (Wildman–Crippen LogP) is 1.13. The van der Waals surface area contributed by atoms with Crippen molar-refractivity contribution in [1.82, 2.24) is 9.88 Å². The van der Waals surface area contributed by atoms with E-state index < -0.39 is 24.0 Å². The van der Waals surface area contributed by atoms with Crippen molar-refractivity contribution >= 4 is 11.9 Å². The highest BCUT2D eigenvalue weighted by molar-refractivity contribution is 5.97. The summed E-state index contributed by atoms with van der Waals surface area (Å²) in [5.41, 5.74) is 8.84. The number of azide groups is 1. The molecule has 128 valence electrons. The van der Waals surface area contributed by atoms with Crippen molar-refractivity contribution in [2.75, 3.05) is 27.6 Å². The monoisotopic (exact) mass is 335 g/mol. The Morgan fingerprint density at radius 1 is 1.46 bits per heavy atom. The minimum atomic E-state index is -0.789. The minimum Gasteiger partial charge on any atom is -0.467 e. The Kier molecular flexibility index (Phi) is 5.94. The second-order valence-electron chi connectivity index (χ2n) is 5.03. The third-order valence-corrected chi connectivity index (χ3v) is 3.54. The van der Waals surface area contributed by atoms with E-state index >= 15 is 0 Å². The molecule has 0 bridgehead atoms. The SMILES string of the molecule is COCOc1ccc(C(=O)N2C[C@@H](N=[N+]=[N-])C[C@H]2C(=O)OC)cn1. The first-order valence-corrected chi connectivity index (χ1v) is 7.11. The highest BCUT2D eigenvalue weighted by atomic mass is 16.7. The molecule has 0 unspecified atom stereocenters. The molecule has 0 aliphatic carbocycles. The molecule has 1 fully saturated rings. The van der Waals surface area contributed by atoms with E-state index in [2.05, 4.69) is 15.0 Å². The minimum absolute atomic E-state index is 0.0463. The number of esters is 1. The second-order valence-corrected chi connectivity index (χ2v) is 5.03. The molecule has 0 saturated carbocycles. The highest BCUT2D eigenvalue weighted by Crippen LogP contribution is 2.24. The maximum absolute atomic E-state index is 12.6. The van der Waals surface area contributed by atoms with Crippen LogP contribution in [0.15, 0.2) is 23.4 Å². The zero-order valence-corrected chi connectivity index (χ0v) is 13.3. The Labute approximate surface area is 137 Å². The standard InChI is InChI=1S/C14H17N5O5/c1-22-8-24-12-4-3-9(6-16-12)13(20)19-7-10(17-18-15)5-11(19)14(21)23-2/h3-4,6,10-11H,5,7-8H2,1-2H3/t10-,11-/m0/s1. The summed E-state index contributed by atoms with van der Waals surface area (Å²) in [6.07, 6.45) is 1.58. The van der Waals surface area contributed by atoms with Gasteiger partial charge in [-0.3, -0.25) is 4.79 Å². The van der Waals surface area contributed by atoms with Crippen LogP contribution in [0.2, 0.25) is 0 Å². The van der Waals surface area contributed by atoms with Gasteiger partial charge in [-0.25, -0.2) is 9.78 Å². The van der Waals surface area contributed by atoms with Crippen LogP contribution in [0.1, 0.15) is 16.8 Å². The van der Waals surface area contributed by atoms with Crippen molar-refractivity contribution in [1.29, 1.82) is 0 Å². The van der Waals surface area contributed by atoms with Gasteiger partial charge in [-0.05, 0) is 18.0 Å². The third kappa shape index (κ3) is 3.92. The zero-order valence-electron chi connectivity index (χ0n) is 13.3. The largest absolute Gasteiger partial charge is 0.467 e. The third-order valence-electron chi connectivity index (χ3n) is 3.54. The Bertz CT molecular complexity index is 643. The molecule has 10 heteroatoms. The quantitative estimate of drug-likeness (QED) is 0.252. The van der Waals surface area contributed by atoms with Crippen molar-refractivity contribution in [3.8, 4) is 5.88 Å². The molecule has 0 N–H and O–H groups in total. The molecule has 0 aromatic carbocycles. The summed E-state index contributed by atoms with van der Waals surface area (Å²) < 4.78 is 14.6. The summed E-state index contributed by atoms with van der Waals surface area (Å²) in [6, 6.07) is 1.80. The lowest BCUT2D eigenvalue weighted by Crippen LogP contribution is -2.41. The number of pyridine rings is 1. The number of ether oxygens (including phenoxy) is 3. The first-order valence-electron chi connectivity index (χ1n) is 7.11. The van der Waals surface area contributed by atoms with Gasteiger partial charge in [0.1, 0.15) is 6.04 Å². The van der Waals surface area contributed by atoms with Crippen LogP contribution in [-0.4, -0.2) is 61.4 Å². The molecule has 0 radical (unpaired) electrons. The molecule has 1 aliphatic heterocycles. The van der Waals surface area contributed by atoms with Gasteiger partial charge in [-0.1, -0.05) is 5.11 Å². The fraction of sp³-hybridized carbons (Fsp3) is 0.500. The van der Waals surface area contributed by atoms with Gasteiger partial charge >= 0.3 is 5.97 Å². The maximum Gasteiger partial charge on any atom is 0.328 e. The lowest BCUT2D eigenvalue weighted by atomic mass is 10.1. The molecule has 10 nitrogen and oxygen atoms in total. The molecular weight excluding hydrogens is 318 g/mol. The Morgan fingerprint density at radius 2 is 2.25 bits per heavy atom. The van der Waals surface area contributed by atoms with Crippen LogP contribution >= 0.6 is 0 Å². The van der Waals surface area contributed by atoms with Gasteiger partial charge in [0.2, 0.25) is 5.88 Å². The van der Waals surface area contributed by atoms with Crippen molar-refractivity contribution < 1.29 is 23.8 Å². The summed E-state index contributed by atoms with van der Waals surface area (Å²) in [5.74, 6) is -0.634. The van der Waals surface area contributed by atoms with Crippen LogP contribution in [0.3, 0.4) is 0 Å². The van der Waals surface area contributed by atoms with E-state index in [1.807, 2.05) is 0 Å². The average Bonchev–Trinajstić information content (AvgIpc) is 3.03. The number of nitrogens with zero attached hydrogens (tertiary/aromatic N) is 5. The number of carbonyl (C=O) groups excluding carboxylic acids is 2. The molecule has 0 spiro atoms. The van der Waals surface area contributed by atoms with Gasteiger partial charge in [-0.15, -0.1) is 0 Å². The Hall–Kier alpha value is -2.84. The number of carbonyl (C=O) groups is 2. The van der Waals surface area contributed by atoms with Gasteiger partial charge in [0.25, 0.3) is 5.91 Å². The summed E-state index contributed by atoms with van der Waals surface area (Å²) in [5, 5.41) is 3.59. The molecule has 1 aromatic rings. The van der Waals surface area contributed by atoms with Gasteiger partial charge in [0.05, 0.1) is 18.7 Å². The van der Waals surface area contributed by atoms with Crippen LogP contribution in [0.25, 0.3) is 10.4 Å². The van der Waals surface area contributed by atoms with E-state index in [0.29, 0.717) is 5.88 Å². The first kappa shape index (κ1) is 17.5. The average molecular weight is 335 g/mol. The molecule has 1 aromatic heterocycles. The van der Waals surface area contributed by atoms with Crippen molar-refractivity contribution in [2.24, 2.45) is 5.11 Å². The van der Waals surface area contributed by atoms with Crippen molar-refractivity contribution in [2.45, 2.75) is 18.5 Å². The molecule has 1 aliphatic rings. The molecule has 24 heavy (non-hydrogen) atoms. The van der Waals surface area contributed by atoms with Crippen molar-refractivity contribution in [3.63, 3.8) is 0 Å². The number of hydrogen-bond acceptors (Lipinski definition) is 7. The Balaban J connectivity index is 2.16. The van der Waals surface area contributed by atoms with Crippen LogP contribution in [0.5, 0.6) is 5.88 Å². The van der Waals surface area contributed by atoms with E-state index in [1.54, 1.807) is 0 Å². The summed E-state index contributed by atoms with van der Waals surface area (Å²) >= 11 is 0. The normalized spacial score (nSPS) is 19.5. The topological polar surface area (TPSA) is 127 Å². The lowest BCUT2D eigenvalue weighted by molar-refractivity contribution is -0.145. The predicted molar refractivity (Wildman–Crippen MR) is 81.1 cm³/mol. The maximum atomic E-state index is 12.6. The van der Waals surface area contributed by atoms with Crippen LogP contribution in [0, 0.1) is 0 Å². The number of rotatable bonds is 6. The molecule has 1 amide bonds. The first-order chi connectivity index (χ1) is 11.6. The molecule has 2 rings (SSSR count). The number of aromatic nitrogens is 1. The van der Waals surface area contributed by atoms with E-state index in [1.165, 1.54) is 37.4 Å². The number of methoxy groups -OCH3 is 2. The van der Waals surface area contributed by atoms with Gasteiger partial charge < -0.3 is 19.1 Å². The van der Waals surface area contributed by atoms with Gasteiger partial charge in [0, 0.05) is 30.8 Å². The smallest absolute Gasteiger partial charge is 0.328 e. The molecule has 2 heterocycles. The van der Waals surface area contributed by atoms with E-state index in [0.717, 1.165) is 0 Å². The zero-order chi connectivity index (χ0) is 17.5. The fourth-order valence-corrected chi connectivity index (χ4v) is 2.43. The Morgan fingerprint density at radius 3 is 2.83 bits per heavy atom. The molecule has 1 saturated heterocycles. The fourth-order valence-electron chi connectivity index (χ4n) is 2.43. The molecular formula is C14H17N5O5. The van der Waals surface area contributed by atoms with Gasteiger partial charge in [-0.2, -0.15) is 0 Å². The van der Waals surface area contributed by atoms with Crippen LogP contribution < -0.4 is 4.74 Å². The lowest BCUT2D eigenvalue weighted by Gasteiger charge is -2.22. The summed E-state index contributed by atoms with van der Waals surface area (Å²) in [4.78, 5) is 32.6. The van der Waals surface area contributed by atoms with Crippen LogP contribution in [0.4, 0.5) is 0 Å². The number of amides is 1. The van der Waals surface area contributed by atoms with Gasteiger partial charge in [0.15, 0.2) is 6.79 Å². The number of hydrogen-bond donors (Lipinski definition) is 0. The highest BCUT2D eigenvalue weighted by Gasteiger charge is 2.40. The van der Waals surface area contributed by atoms with Crippen LogP contribution in [-0.2, 0) is 14.3 Å². The van der Waals surface area contributed by atoms with E-state index in [-0.39, 0.29) is 25.3 Å². The summed E-state index contributed by atoms with van der Waals surface area (Å²) in [6.45, 7) is 0.190. The molecule has 2 atom stereocenters.